The van der Waals surface area contributed by atoms with Gasteiger partial charge < -0.3 is 10.6 Å². The summed E-state index contributed by atoms with van der Waals surface area (Å²) in [5, 5.41) is 5.92. The standard InChI is InChI=1S/C19H26N2O2/c1-4-12-20-18(22)15-8-10-16(11-9-15)19(23)21-17-13(2)6-5-7-14(17)3/h4-7,15-16H,1,8-12H2,2-3H3,(H,20,22)(H,21,23). The van der Waals surface area contributed by atoms with E-state index in [1.54, 1.807) is 6.08 Å². The second-order valence-electron chi connectivity index (χ2n) is 6.34. The van der Waals surface area contributed by atoms with Crippen LogP contribution in [0, 0.1) is 25.7 Å². The number of aryl methyl sites for hydroxylation is 2. The molecule has 2 N–H and O–H groups in total. The van der Waals surface area contributed by atoms with E-state index in [9.17, 15) is 9.59 Å². The molecule has 0 radical (unpaired) electrons. The van der Waals surface area contributed by atoms with Gasteiger partial charge in [0.2, 0.25) is 11.8 Å². The van der Waals surface area contributed by atoms with Crippen molar-refractivity contribution >= 4 is 17.5 Å². The maximum absolute atomic E-state index is 12.5. The molecule has 0 atom stereocenters. The number of anilines is 1. The maximum atomic E-state index is 12.5. The lowest BCUT2D eigenvalue weighted by molar-refractivity contribution is -0.128. The molecule has 1 aliphatic carbocycles. The molecule has 0 aliphatic heterocycles. The Balaban J connectivity index is 1.89. The van der Waals surface area contributed by atoms with E-state index in [0.29, 0.717) is 6.54 Å². The van der Waals surface area contributed by atoms with E-state index in [1.807, 2.05) is 32.0 Å². The van der Waals surface area contributed by atoms with Gasteiger partial charge in [-0.2, -0.15) is 0 Å². The number of rotatable bonds is 5. The van der Waals surface area contributed by atoms with E-state index in [4.69, 9.17) is 0 Å². The van der Waals surface area contributed by atoms with Crippen molar-refractivity contribution in [2.24, 2.45) is 11.8 Å². The van der Waals surface area contributed by atoms with Crippen LogP contribution in [0.15, 0.2) is 30.9 Å². The van der Waals surface area contributed by atoms with Crippen LogP contribution in [-0.2, 0) is 9.59 Å². The second kappa shape index (κ2) is 7.95. The van der Waals surface area contributed by atoms with Gasteiger partial charge in [-0.15, -0.1) is 6.58 Å². The molecular formula is C19H26N2O2. The fraction of sp³-hybridized carbons (Fsp3) is 0.474. The monoisotopic (exact) mass is 314 g/mol. The predicted octanol–water partition coefficient (Wildman–Crippen LogP) is 3.35. The van der Waals surface area contributed by atoms with Gasteiger partial charge in [-0.3, -0.25) is 9.59 Å². The van der Waals surface area contributed by atoms with Crippen molar-refractivity contribution in [3.8, 4) is 0 Å². The minimum Gasteiger partial charge on any atom is -0.352 e. The van der Waals surface area contributed by atoms with Gasteiger partial charge >= 0.3 is 0 Å². The third kappa shape index (κ3) is 4.44. The Bertz CT molecular complexity index is 567. The lowest BCUT2D eigenvalue weighted by Gasteiger charge is -2.27. The molecule has 0 saturated heterocycles. The van der Waals surface area contributed by atoms with Crippen LogP contribution in [0.5, 0.6) is 0 Å². The van der Waals surface area contributed by atoms with E-state index < -0.39 is 0 Å². The SMILES string of the molecule is C=CCNC(=O)C1CCC(C(=O)Nc2c(C)cccc2C)CC1. The molecule has 0 bridgehead atoms. The Hall–Kier alpha value is -2.10. The minimum absolute atomic E-state index is 0.00235. The number of para-hydroxylation sites is 1. The van der Waals surface area contributed by atoms with Crippen LogP contribution in [0.1, 0.15) is 36.8 Å². The smallest absolute Gasteiger partial charge is 0.227 e. The molecule has 4 nitrogen and oxygen atoms in total. The van der Waals surface area contributed by atoms with Gasteiger partial charge in [0.15, 0.2) is 0 Å². The van der Waals surface area contributed by atoms with Crippen LogP contribution in [0.3, 0.4) is 0 Å². The molecule has 124 valence electrons. The summed E-state index contributed by atoms with van der Waals surface area (Å²) in [6, 6.07) is 6.00. The van der Waals surface area contributed by atoms with Crippen molar-refractivity contribution in [3.05, 3.63) is 42.0 Å². The van der Waals surface area contributed by atoms with Crippen LogP contribution in [-0.4, -0.2) is 18.4 Å². The molecule has 0 heterocycles. The highest BCUT2D eigenvalue weighted by molar-refractivity contribution is 5.94. The van der Waals surface area contributed by atoms with Gasteiger partial charge in [0.1, 0.15) is 0 Å². The first-order valence-corrected chi connectivity index (χ1v) is 8.28. The summed E-state index contributed by atoms with van der Waals surface area (Å²) in [7, 11) is 0. The topological polar surface area (TPSA) is 58.2 Å². The lowest BCUT2D eigenvalue weighted by atomic mass is 9.81. The summed E-state index contributed by atoms with van der Waals surface area (Å²) in [6.07, 6.45) is 4.76. The Kier molecular flexibility index (Phi) is 5.97. The Morgan fingerprint density at radius 3 is 2.13 bits per heavy atom. The highest BCUT2D eigenvalue weighted by atomic mass is 16.2. The zero-order chi connectivity index (χ0) is 16.8. The molecule has 1 aliphatic rings. The average Bonchev–Trinajstić information content (AvgIpc) is 2.56. The van der Waals surface area contributed by atoms with Crippen molar-refractivity contribution < 1.29 is 9.59 Å². The van der Waals surface area contributed by atoms with Crippen molar-refractivity contribution in [2.45, 2.75) is 39.5 Å². The van der Waals surface area contributed by atoms with Crippen molar-refractivity contribution in [1.82, 2.24) is 5.32 Å². The summed E-state index contributed by atoms with van der Waals surface area (Å²) < 4.78 is 0. The van der Waals surface area contributed by atoms with Crippen LogP contribution < -0.4 is 10.6 Å². The third-order valence-electron chi connectivity index (χ3n) is 4.62. The number of carbonyl (C=O) groups excluding carboxylic acids is 2. The van der Waals surface area contributed by atoms with E-state index in [2.05, 4.69) is 17.2 Å². The number of benzene rings is 1. The molecule has 2 amide bonds. The maximum Gasteiger partial charge on any atom is 0.227 e. The minimum atomic E-state index is -0.00235. The molecule has 1 aromatic carbocycles. The summed E-state index contributed by atoms with van der Waals surface area (Å²) in [6.45, 7) is 8.11. The van der Waals surface area contributed by atoms with Crippen LogP contribution in [0.25, 0.3) is 0 Å². The Labute approximate surface area is 138 Å². The summed E-state index contributed by atoms with van der Waals surface area (Å²) in [5.74, 6) is 0.183. The molecular weight excluding hydrogens is 288 g/mol. The highest BCUT2D eigenvalue weighted by Gasteiger charge is 2.30. The fourth-order valence-corrected chi connectivity index (χ4v) is 3.17. The second-order valence-corrected chi connectivity index (χ2v) is 6.34. The van der Waals surface area contributed by atoms with Crippen molar-refractivity contribution in [2.75, 3.05) is 11.9 Å². The van der Waals surface area contributed by atoms with Gasteiger partial charge in [0, 0.05) is 24.1 Å². The highest BCUT2D eigenvalue weighted by Crippen LogP contribution is 2.30. The Morgan fingerprint density at radius 1 is 1.09 bits per heavy atom. The van der Waals surface area contributed by atoms with Gasteiger partial charge in [-0.1, -0.05) is 24.3 Å². The Morgan fingerprint density at radius 2 is 1.61 bits per heavy atom. The summed E-state index contributed by atoms with van der Waals surface area (Å²) in [5.41, 5.74) is 3.08. The normalized spacial score (nSPS) is 20.6. The molecule has 1 aromatic rings. The fourth-order valence-electron chi connectivity index (χ4n) is 3.17. The zero-order valence-corrected chi connectivity index (χ0v) is 14.0. The molecule has 2 rings (SSSR count). The van der Waals surface area contributed by atoms with Crippen molar-refractivity contribution in [3.63, 3.8) is 0 Å². The van der Waals surface area contributed by atoms with Crippen molar-refractivity contribution in [1.29, 1.82) is 0 Å². The quantitative estimate of drug-likeness (QED) is 0.819. The van der Waals surface area contributed by atoms with Gasteiger partial charge in [0.05, 0.1) is 0 Å². The molecule has 0 aromatic heterocycles. The molecule has 4 heteroatoms. The lowest BCUT2D eigenvalue weighted by Crippen LogP contribution is -2.35. The van der Waals surface area contributed by atoms with E-state index in [-0.39, 0.29) is 23.7 Å². The molecule has 1 fully saturated rings. The van der Waals surface area contributed by atoms with Crippen LogP contribution >= 0.6 is 0 Å². The number of hydrogen-bond donors (Lipinski definition) is 2. The summed E-state index contributed by atoms with van der Waals surface area (Å²) in [4.78, 5) is 24.4. The average molecular weight is 314 g/mol. The number of amides is 2. The van der Waals surface area contributed by atoms with E-state index in [1.165, 1.54) is 0 Å². The van der Waals surface area contributed by atoms with Crippen LogP contribution in [0.2, 0.25) is 0 Å². The first-order chi connectivity index (χ1) is 11.0. The molecule has 0 unspecified atom stereocenters. The van der Waals surface area contributed by atoms with Gasteiger partial charge in [0.25, 0.3) is 0 Å². The van der Waals surface area contributed by atoms with Gasteiger partial charge in [-0.25, -0.2) is 0 Å². The largest absolute Gasteiger partial charge is 0.352 e. The molecule has 1 saturated carbocycles. The van der Waals surface area contributed by atoms with E-state index >= 15 is 0 Å². The molecule has 23 heavy (non-hydrogen) atoms. The zero-order valence-electron chi connectivity index (χ0n) is 14.0. The number of nitrogens with one attached hydrogen (secondary N) is 2. The first-order valence-electron chi connectivity index (χ1n) is 8.28. The van der Waals surface area contributed by atoms with E-state index in [0.717, 1.165) is 42.5 Å². The predicted molar refractivity (Wildman–Crippen MR) is 93.2 cm³/mol. The van der Waals surface area contributed by atoms with Crippen LogP contribution in [0.4, 0.5) is 5.69 Å². The number of carbonyl (C=O) groups is 2. The first kappa shape index (κ1) is 17.3. The van der Waals surface area contributed by atoms with Gasteiger partial charge in [-0.05, 0) is 50.7 Å². The summed E-state index contributed by atoms with van der Waals surface area (Å²) >= 11 is 0. The number of hydrogen-bond acceptors (Lipinski definition) is 2. The third-order valence-corrected chi connectivity index (χ3v) is 4.62. The molecule has 0 spiro atoms.